The molecule has 0 saturated heterocycles. The molecule has 4 nitrogen and oxygen atoms in total. The molecule has 0 bridgehead atoms. The number of carbonyl (C=O) groups is 2. The molecule has 1 amide bonds. The van der Waals surface area contributed by atoms with E-state index in [9.17, 15) is 9.59 Å². The molecule has 0 spiro atoms. The molecule has 1 aromatic rings. The Balaban J connectivity index is 2.04. The third kappa shape index (κ3) is 10.9. The van der Waals surface area contributed by atoms with E-state index in [0.29, 0.717) is 12.3 Å². The Labute approximate surface area is 149 Å². The summed E-state index contributed by atoms with van der Waals surface area (Å²) in [7, 11) is 0. The van der Waals surface area contributed by atoms with Crippen LogP contribution in [-0.4, -0.2) is 24.2 Å². The summed E-state index contributed by atoms with van der Waals surface area (Å²) >= 11 is 0.971. The van der Waals surface area contributed by atoms with Crippen LogP contribution in [0, 0.1) is 0 Å². The number of carbonyl (C=O) groups excluding carboxylic acids is 2. The minimum atomic E-state index is -0.159. The molecule has 0 fully saturated rings. The van der Waals surface area contributed by atoms with E-state index in [2.05, 4.69) is 12.2 Å². The zero-order valence-corrected chi connectivity index (χ0v) is 15.1. The Morgan fingerprint density at radius 3 is 2.54 bits per heavy atom. The van der Waals surface area contributed by atoms with Gasteiger partial charge in [0, 0.05) is 12.6 Å². The molecule has 1 aromatic carbocycles. The number of hydrogen-bond donors (Lipinski definition) is 1. The Kier molecular flexibility index (Phi) is 11.6. The topological polar surface area (TPSA) is 55.4 Å². The van der Waals surface area contributed by atoms with E-state index >= 15 is 0 Å². The van der Waals surface area contributed by atoms with Crippen molar-refractivity contribution in [1.82, 2.24) is 5.32 Å². The monoisotopic (exact) mass is 349 g/mol. The minimum Gasteiger partial charge on any atom is -0.485 e. The van der Waals surface area contributed by atoms with Crippen molar-refractivity contribution in [3.63, 3.8) is 0 Å². The molecule has 0 saturated carbocycles. The number of thioether (sulfide) groups is 1. The van der Waals surface area contributed by atoms with Crippen LogP contribution in [0.2, 0.25) is 0 Å². The van der Waals surface area contributed by atoms with Crippen molar-refractivity contribution in [1.29, 1.82) is 0 Å². The molecule has 0 heterocycles. The molecule has 0 radical (unpaired) electrons. The van der Waals surface area contributed by atoms with Gasteiger partial charge in [-0.25, -0.2) is 0 Å². The van der Waals surface area contributed by atoms with E-state index in [1.54, 1.807) is 12.1 Å². The van der Waals surface area contributed by atoms with Crippen molar-refractivity contribution < 1.29 is 14.3 Å². The molecule has 1 rings (SSSR count). The minimum absolute atomic E-state index is 0.0155. The molecule has 0 aromatic heterocycles. The first-order valence-corrected chi connectivity index (χ1v) is 9.42. The van der Waals surface area contributed by atoms with Gasteiger partial charge >= 0.3 is 0 Å². The molecule has 0 atom stereocenters. The normalized spacial score (nSPS) is 10.7. The third-order valence-corrected chi connectivity index (χ3v) is 4.00. The first-order chi connectivity index (χ1) is 11.7. The lowest BCUT2D eigenvalue weighted by Gasteiger charge is -2.03. The quantitative estimate of drug-likeness (QED) is 0.451. The Morgan fingerprint density at radius 1 is 1.08 bits per heavy atom. The molecule has 132 valence electrons. The number of benzene rings is 1. The van der Waals surface area contributed by atoms with Crippen molar-refractivity contribution >= 4 is 22.8 Å². The SMILES string of the molecule is CCCCCCCCNC(=O)C=CSC(=O)COc1ccccc1. The first-order valence-electron chi connectivity index (χ1n) is 8.54. The van der Waals surface area contributed by atoms with Gasteiger partial charge in [0.2, 0.25) is 11.0 Å². The average Bonchev–Trinajstić information content (AvgIpc) is 2.60. The lowest BCUT2D eigenvalue weighted by molar-refractivity contribution is -0.116. The highest BCUT2D eigenvalue weighted by Crippen LogP contribution is 2.10. The van der Waals surface area contributed by atoms with Gasteiger partial charge in [-0.05, 0) is 24.0 Å². The second-order valence-electron chi connectivity index (χ2n) is 5.45. The van der Waals surface area contributed by atoms with Crippen molar-refractivity contribution in [2.75, 3.05) is 13.2 Å². The predicted octanol–water partition coefficient (Wildman–Crippen LogP) is 4.32. The van der Waals surface area contributed by atoms with Crippen LogP contribution in [0.4, 0.5) is 0 Å². The molecular formula is C19H27NO3S. The van der Waals surface area contributed by atoms with Gasteiger partial charge in [0.1, 0.15) is 5.75 Å². The Morgan fingerprint density at radius 2 is 1.79 bits per heavy atom. The zero-order valence-electron chi connectivity index (χ0n) is 14.3. The van der Waals surface area contributed by atoms with Gasteiger partial charge in [-0.2, -0.15) is 0 Å². The summed E-state index contributed by atoms with van der Waals surface area (Å²) in [4.78, 5) is 23.2. The van der Waals surface area contributed by atoms with Crippen molar-refractivity contribution in [2.45, 2.75) is 45.4 Å². The van der Waals surface area contributed by atoms with E-state index in [1.165, 1.54) is 37.2 Å². The van der Waals surface area contributed by atoms with Gasteiger partial charge in [0.15, 0.2) is 6.61 Å². The summed E-state index contributed by atoms with van der Waals surface area (Å²) in [5, 5.41) is 4.19. The second-order valence-corrected chi connectivity index (χ2v) is 6.42. The van der Waals surface area contributed by atoms with Gasteiger partial charge in [0.25, 0.3) is 0 Å². The summed E-state index contributed by atoms with van der Waals surface area (Å²) in [5.41, 5.74) is 0. The summed E-state index contributed by atoms with van der Waals surface area (Å²) < 4.78 is 5.34. The Hall–Kier alpha value is -1.75. The van der Waals surface area contributed by atoms with E-state index in [4.69, 9.17) is 4.74 Å². The fourth-order valence-electron chi connectivity index (χ4n) is 2.04. The lowest BCUT2D eigenvalue weighted by atomic mass is 10.1. The summed E-state index contributed by atoms with van der Waals surface area (Å²) in [6, 6.07) is 9.17. The number of ether oxygens (including phenoxy) is 1. The third-order valence-electron chi connectivity index (χ3n) is 3.35. The van der Waals surface area contributed by atoms with Crippen LogP contribution in [-0.2, 0) is 9.59 Å². The molecule has 0 aliphatic heterocycles. The van der Waals surface area contributed by atoms with Crippen LogP contribution in [0.3, 0.4) is 0 Å². The number of hydrogen-bond acceptors (Lipinski definition) is 4. The van der Waals surface area contributed by atoms with Gasteiger partial charge in [-0.15, -0.1) is 0 Å². The van der Waals surface area contributed by atoms with Gasteiger partial charge in [0.05, 0.1) is 0 Å². The van der Waals surface area contributed by atoms with Crippen LogP contribution in [0.25, 0.3) is 0 Å². The van der Waals surface area contributed by atoms with E-state index < -0.39 is 0 Å². The van der Waals surface area contributed by atoms with Crippen molar-refractivity contribution in [3.8, 4) is 5.75 Å². The van der Waals surface area contributed by atoms with Crippen LogP contribution in [0.5, 0.6) is 5.75 Å². The fraction of sp³-hybridized carbons (Fsp3) is 0.474. The largest absolute Gasteiger partial charge is 0.485 e. The number of amides is 1. The molecule has 0 aliphatic rings. The van der Waals surface area contributed by atoms with Gasteiger partial charge < -0.3 is 10.1 Å². The van der Waals surface area contributed by atoms with Crippen molar-refractivity contribution in [3.05, 3.63) is 41.8 Å². The number of nitrogens with one attached hydrogen (secondary N) is 1. The maximum absolute atomic E-state index is 11.6. The number of para-hydroxylation sites is 1. The summed E-state index contributed by atoms with van der Waals surface area (Å²) in [6.45, 7) is 2.87. The molecular weight excluding hydrogens is 322 g/mol. The summed E-state index contributed by atoms with van der Waals surface area (Å²) in [5.74, 6) is 0.500. The zero-order chi connectivity index (χ0) is 17.5. The van der Waals surface area contributed by atoms with Crippen molar-refractivity contribution in [2.24, 2.45) is 0 Å². The predicted molar refractivity (Wildman–Crippen MR) is 100 cm³/mol. The number of rotatable bonds is 12. The Bertz CT molecular complexity index is 503. The molecule has 24 heavy (non-hydrogen) atoms. The van der Waals surface area contributed by atoms with Crippen LogP contribution >= 0.6 is 11.8 Å². The smallest absolute Gasteiger partial charge is 0.244 e. The first kappa shape index (κ1) is 20.3. The standard InChI is InChI=1S/C19H27NO3S/c1-2-3-4-5-6-10-14-20-18(21)13-15-24-19(22)16-23-17-11-8-7-9-12-17/h7-9,11-13,15H,2-6,10,14,16H2,1H3,(H,20,21). The van der Waals surface area contributed by atoms with Crippen LogP contribution in [0.1, 0.15) is 45.4 Å². The van der Waals surface area contributed by atoms with E-state index in [1.807, 2.05) is 18.2 Å². The highest BCUT2D eigenvalue weighted by atomic mass is 32.2. The second kappa shape index (κ2) is 13.7. The average molecular weight is 349 g/mol. The van der Waals surface area contributed by atoms with Crippen LogP contribution in [0.15, 0.2) is 41.8 Å². The van der Waals surface area contributed by atoms with E-state index in [-0.39, 0.29) is 17.6 Å². The highest BCUT2D eigenvalue weighted by Gasteiger charge is 2.02. The van der Waals surface area contributed by atoms with Gasteiger partial charge in [-0.1, -0.05) is 69.0 Å². The molecule has 0 aliphatic carbocycles. The summed E-state index contributed by atoms with van der Waals surface area (Å²) in [6.07, 6.45) is 8.57. The number of unbranched alkanes of at least 4 members (excludes halogenated alkanes) is 5. The van der Waals surface area contributed by atoms with Gasteiger partial charge in [-0.3, -0.25) is 9.59 Å². The molecule has 0 unspecified atom stereocenters. The van der Waals surface area contributed by atoms with E-state index in [0.717, 1.165) is 24.6 Å². The molecule has 5 heteroatoms. The highest BCUT2D eigenvalue weighted by molar-refractivity contribution is 8.16. The lowest BCUT2D eigenvalue weighted by Crippen LogP contribution is -2.22. The van der Waals surface area contributed by atoms with Crippen LogP contribution < -0.4 is 10.1 Å². The fourth-order valence-corrected chi connectivity index (χ4v) is 2.51. The maximum atomic E-state index is 11.6. The molecule has 1 N–H and O–H groups in total. The maximum Gasteiger partial charge on any atom is 0.244 e.